The van der Waals surface area contributed by atoms with Gasteiger partial charge >= 0.3 is 0 Å². The summed E-state index contributed by atoms with van der Waals surface area (Å²) < 4.78 is 19.5. The first-order valence-corrected chi connectivity index (χ1v) is 7.97. The fourth-order valence-corrected chi connectivity index (χ4v) is 3.00. The molecule has 0 aliphatic carbocycles. The van der Waals surface area contributed by atoms with Crippen LogP contribution in [0, 0.1) is 5.82 Å². The second-order valence-electron chi connectivity index (χ2n) is 6.52. The number of ether oxygens (including phenoxy) is 1. The highest BCUT2D eigenvalue weighted by atomic mass is 35.5. The van der Waals surface area contributed by atoms with E-state index in [-0.39, 0.29) is 22.5 Å². The lowest BCUT2D eigenvalue weighted by atomic mass is 9.89. The van der Waals surface area contributed by atoms with Crippen molar-refractivity contribution in [3.8, 4) is 5.75 Å². The molecule has 1 unspecified atom stereocenters. The van der Waals surface area contributed by atoms with E-state index in [1.54, 1.807) is 18.2 Å². The number of carbonyl (C=O) groups excluding carboxylic acids is 1. The summed E-state index contributed by atoms with van der Waals surface area (Å²) in [6, 6.07) is 9.05. The highest BCUT2D eigenvalue weighted by Crippen LogP contribution is 2.40. The lowest BCUT2D eigenvalue weighted by Gasteiger charge is -2.38. The second-order valence-corrected chi connectivity index (χ2v) is 6.93. The maximum Gasteiger partial charge on any atom is 0.251 e. The average Bonchev–Trinajstić information content (AvgIpc) is 2.50. The van der Waals surface area contributed by atoms with Crippen LogP contribution in [0.15, 0.2) is 36.4 Å². The number of carbonyl (C=O) groups is 1. The highest BCUT2D eigenvalue weighted by Gasteiger charge is 2.34. The zero-order valence-corrected chi connectivity index (χ0v) is 14.2. The van der Waals surface area contributed by atoms with E-state index in [0.29, 0.717) is 17.9 Å². The molecule has 1 atom stereocenters. The van der Waals surface area contributed by atoms with Crippen molar-refractivity contribution >= 4 is 23.2 Å². The van der Waals surface area contributed by atoms with E-state index in [9.17, 15) is 9.18 Å². The molecule has 0 spiro atoms. The van der Waals surface area contributed by atoms with E-state index in [2.05, 4.69) is 5.32 Å². The molecule has 0 saturated heterocycles. The van der Waals surface area contributed by atoms with Gasteiger partial charge in [0, 0.05) is 23.2 Å². The molecule has 2 aromatic rings. The lowest BCUT2D eigenvalue weighted by molar-refractivity contribution is 0.0620. The molecule has 0 aromatic heterocycles. The smallest absolute Gasteiger partial charge is 0.251 e. The summed E-state index contributed by atoms with van der Waals surface area (Å²) in [6.45, 7) is 3.90. The number of hydrogen-bond donors (Lipinski definition) is 2. The van der Waals surface area contributed by atoms with Gasteiger partial charge in [0.2, 0.25) is 0 Å². The van der Waals surface area contributed by atoms with Gasteiger partial charge in [0.15, 0.2) is 0 Å². The van der Waals surface area contributed by atoms with Crippen LogP contribution in [0.3, 0.4) is 0 Å². The summed E-state index contributed by atoms with van der Waals surface area (Å²) in [7, 11) is 0. The van der Waals surface area contributed by atoms with Crippen LogP contribution in [0.1, 0.15) is 42.2 Å². The molecule has 1 aliphatic rings. The van der Waals surface area contributed by atoms with Gasteiger partial charge in [-0.05, 0) is 50.2 Å². The number of amides is 1. The minimum Gasteiger partial charge on any atom is -0.487 e. The van der Waals surface area contributed by atoms with E-state index >= 15 is 0 Å². The monoisotopic (exact) mass is 348 g/mol. The zero-order valence-electron chi connectivity index (χ0n) is 13.4. The Kier molecular flexibility index (Phi) is 4.13. The molecule has 4 nitrogen and oxygen atoms in total. The first kappa shape index (κ1) is 16.6. The molecular formula is C18H18ClFN2O2. The van der Waals surface area contributed by atoms with Crippen molar-refractivity contribution < 1.29 is 13.9 Å². The normalized spacial score (nSPS) is 18.4. The number of nitrogen functional groups attached to an aromatic ring is 1. The van der Waals surface area contributed by atoms with Crippen molar-refractivity contribution in [2.24, 2.45) is 0 Å². The topological polar surface area (TPSA) is 64.4 Å². The van der Waals surface area contributed by atoms with Gasteiger partial charge in [-0.1, -0.05) is 11.6 Å². The number of rotatable bonds is 2. The van der Waals surface area contributed by atoms with Crippen molar-refractivity contribution in [1.29, 1.82) is 0 Å². The molecule has 6 heteroatoms. The third kappa shape index (κ3) is 3.31. The van der Waals surface area contributed by atoms with Crippen LogP contribution in [0.25, 0.3) is 0 Å². The predicted octanol–water partition coefficient (Wildman–Crippen LogP) is 4.09. The fourth-order valence-electron chi connectivity index (χ4n) is 2.88. The maximum absolute atomic E-state index is 13.6. The summed E-state index contributed by atoms with van der Waals surface area (Å²) in [5, 5.41) is 2.92. The minimum absolute atomic E-state index is 0.0168. The molecule has 3 rings (SSSR count). The van der Waals surface area contributed by atoms with Crippen molar-refractivity contribution in [3.05, 3.63) is 58.4 Å². The van der Waals surface area contributed by atoms with Crippen molar-refractivity contribution in [2.75, 3.05) is 5.73 Å². The largest absolute Gasteiger partial charge is 0.487 e. The molecule has 0 saturated carbocycles. The number of benzene rings is 2. The van der Waals surface area contributed by atoms with Gasteiger partial charge in [-0.25, -0.2) is 4.39 Å². The van der Waals surface area contributed by atoms with Gasteiger partial charge in [0.05, 0.1) is 11.1 Å². The van der Waals surface area contributed by atoms with E-state index < -0.39 is 11.4 Å². The Morgan fingerprint density at radius 2 is 2.08 bits per heavy atom. The van der Waals surface area contributed by atoms with E-state index in [1.165, 1.54) is 12.1 Å². The number of nitrogens with one attached hydrogen (secondary N) is 1. The Labute approximate surface area is 144 Å². The molecule has 1 heterocycles. The Morgan fingerprint density at radius 3 is 2.79 bits per heavy atom. The van der Waals surface area contributed by atoms with Crippen LogP contribution in [-0.4, -0.2) is 11.5 Å². The maximum atomic E-state index is 13.6. The predicted molar refractivity (Wildman–Crippen MR) is 91.8 cm³/mol. The Hall–Kier alpha value is -2.27. The Bertz CT molecular complexity index is 808. The van der Waals surface area contributed by atoms with Gasteiger partial charge in [-0.3, -0.25) is 4.79 Å². The molecule has 0 bridgehead atoms. The zero-order chi connectivity index (χ0) is 17.5. The molecule has 2 aromatic carbocycles. The quantitative estimate of drug-likeness (QED) is 0.803. The molecular weight excluding hydrogens is 331 g/mol. The van der Waals surface area contributed by atoms with Gasteiger partial charge < -0.3 is 15.8 Å². The number of hydrogen-bond acceptors (Lipinski definition) is 3. The van der Waals surface area contributed by atoms with Crippen LogP contribution in [0.2, 0.25) is 5.02 Å². The van der Waals surface area contributed by atoms with E-state index in [1.807, 2.05) is 13.8 Å². The van der Waals surface area contributed by atoms with Crippen LogP contribution in [-0.2, 0) is 0 Å². The fraction of sp³-hybridized carbons (Fsp3) is 0.278. The van der Waals surface area contributed by atoms with Crippen molar-refractivity contribution in [1.82, 2.24) is 5.32 Å². The second kappa shape index (κ2) is 5.98. The lowest BCUT2D eigenvalue weighted by Crippen LogP contribution is -2.41. The molecule has 3 N–H and O–H groups in total. The van der Waals surface area contributed by atoms with Crippen LogP contribution >= 0.6 is 11.6 Å². The van der Waals surface area contributed by atoms with Gasteiger partial charge in [0.1, 0.15) is 17.2 Å². The van der Waals surface area contributed by atoms with Gasteiger partial charge in [0.25, 0.3) is 5.91 Å². The first-order valence-electron chi connectivity index (χ1n) is 7.59. The molecule has 1 aliphatic heterocycles. The Morgan fingerprint density at radius 1 is 1.33 bits per heavy atom. The van der Waals surface area contributed by atoms with Gasteiger partial charge in [-0.2, -0.15) is 0 Å². The minimum atomic E-state index is -0.624. The molecule has 0 radical (unpaired) electrons. The van der Waals surface area contributed by atoms with Gasteiger partial charge in [-0.15, -0.1) is 0 Å². The summed E-state index contributed by atoms with van der Waals surface area (Å²) in [4.78, 5) is 12.5. The number of anilines is 1. The Balaban J connectivity index is 1.90. The standard InChI is InChI=1S/C18H18ClFN2O2/c1-18(2)9-15(12-8-11(21)4-6-16(12)24-18)22-17(23)10-3-5-13(19)14(20)7-10/h3-8,15H,9,21H2,1-2H3,(H,22,23). The molecule has 1 amide bonds. The number of nitrogens with two attached hydrogens (primary N) is 1. The van der Waals surface area contributed by atoms with E-state index in [0.717, 1.165) is 11.6 Å². The van der Waals surface area contributed by atoms with E-state index in [4.69, 9.17) is 22.1 Å². The van der Waals surface area contributed by atoms with Crippen molar-refractivity contribution in [3.63, 3.8) is 0 Å². The van der Waals surface area contributed by atoms with Crippen molar-refractivity contribution in [2.45, 2.75) is 31.9 Å². The van der Waals surface area contributed by atoms with Crippen LogP contribution < -0.4 is 15.8 Å². The average molecular weight is 349 g/mol. The molecule has 0 fully saturated rings. The molecule has 24 heavy (non-hydrogen) atoms. The SMILES string of the molecule is CC1(C)CC(NC(=O)c2ccc(Cl)c(F)c2)c2cc(N)ccc2O1. The van der Waals surface area contributed by atoms with Crippen LogP contribution in [0.4, 0.5) is 10.1 Å². The highest BCUT2D eigenvalue weighted by molar-refractivity contribution is 6.30. The summed E-state index contributed by atoms with van der Waals surface area (Å²) in [5.41, 5.74) is 7.04. The third-order valence-electron chi connectivity index (χ3n) is 3.98. The summed E-state index contributed by atoms with van der Waals surface area (Å²) in [6.07, 6.45) is 0.575. The van der Waals surface area contributed by atoms with Crippen LogP contribution in [0.5, 0.6) is 5.75 Å². The first-order chi connectivity index (χ1) is 11.2. The summed E-state index contributed by atoms with van der Waals surface area (Å²) in [5.74, 6) is -0.309. The summed E-state index contributed by atoms with van der Waals surface area (Å²) >= 11 is 5.66. The number of fused-ring (bicyclic) bond motifs is 1. The number of halogens is 2. The molecule has 126 valence electrons. The third-order valence-corrected chi connectivity index (χ3v) is 4.28.